The number of aliphatic hydroxyl groups is 1. The van der Waals surface area contributed by atoms with Crippen LogP contribution in [0.2, 0.25) is 0 Å². The molecule has 114 valence electrons. The van der Waals surface area contributed by atoms with Gasteiger partial charge in [0, 0.05) is 18.2 Å². The smallest absolute Gasteiger partial charge is 0.335 e. The molecule has 0 heterocycles. The summed E-state index contributed by atoms with van der Waals surface area (Å²) in [7, 11) is 0. The minimum atomic E-state index is -0.992. The summed E-state index contributed by atoms with van der Waals surface area (Å²) in [6.45, 7) is 0.126. The average Bonchev–Trinajstić information content (AvgIpc) is 2.53. The number of carbonyl (C=O) groups is 2. The second kappa shape index (κ2) is 7.22. The predicted molar refractivity (Wildman–Crippen MR) is 79.4 cm³/mol. The van der Waals surface area contributed by atoms with E-state index in [2.05, 4.69) is 0 Å². The van der Waals surface area contributed by atoms with Crippen molar-refractivity contribution < 1.29 is 19.8 Å². The van der Waals surface area contributed by atoms with Crippen molar-refractivity contribution in [3.8, 4) is 0 Å². The SMILES string of the molecule is O=C(O)c1ccc(N(CCO)C(=O)C2CCCCC2)cc1. The third-order valence-corrected chi connectivity index (χ3v) is 3.97. The van der Waals surface area contributed by atoms with Crippen molar-refractivity contribution in [1.82, 2.24) is 0 Å². The highest BCUT2D eigenvalue weighted by molar-refractivity contribution is 5.96. The Morgan fingerprint density at radius 1 is 1.10 bits per heavy atom. The molecule has 1 aliphatic carbocycles. The number of carboxylic acids is 1. The average molecular weight is 291 g/mol. The fourth-order valence-electron chi connectivity index (χ4n) is 2.82. The van der Waals surface area contributed by atoms with E-state index >= 15 is 0 Å². The van der Waals surface area contributed by atoms with Crippen molar-refractivity contribution in [2.24, 2.45) is 5.92 Å². The van der Waals surface area contributed by atoms with Crippen LogP contribution in [0, 0.1) is 5.92 Å². The van der Waals surface area contributed by atoms with Gasteiger partial charge in [-0.1, -0.05) is 19.3 Å². The largest absolute Gasteiger partial charge is 0.478 e. The molecule has 2 N–H and O–H groups in total. The van der Waals surface area contributed by atoms with Gasteiger partial charge in [0.2, 0.25) is 5.91 Å². The first kappa shape index (κ1) is 15.5. The summed E-state index contributed by atoms with van der Waals surface area (Å²) in [5, 5.41) is 18.1. The van der Waals surface area contributed by atoms with Crippen LogP contribution in [0.5, 0.6) is 0 Å². The van der Waals surface area contributed by atoms with Gasteiger partial charge in [0.05, 0.1) is 12.2 Å². The molecule has 0 spiro atoms. The third-order valence-electron chi connectivity index (χ3n) is 3.97. The molecule has 0 aliphatic heterocycles. The molecule has 0 saturated heterocycles. The van der Waals surface area contributed by atoms with Crippen LogP contribution in [-0.4, -0.2) is 35.2 Å². The first-order valence-electron chi connectivity index (χ1n) is 7.39. The molecule has 5 nitrogen and oxygen atoms in total. The highest BCUT2D eigenvalue weighted by atomic mass is 16.4. The molecule has 21 heavy (non-hydrogen) atoms. The molecule has 1 aliphatic rings. The Bertz CT molecular complexity index is 492. The Balaban J connectivity index is 2.16. The minimum Gasteiger partial charge on any atom is -0.478 e. The lowest BCUT2D eigenvalue weighted by atomic mass is 9.88. The lowest BCUT2D eigenvalue weighted by molar-refractivity contribution is -0.123. The number of aliphatic hydroxyl groups excluding tert-OH is 1. The Morgan fingerprint density at radius 2 is 1.71 bits per heavy atom. The van der Waals surface area contributed by atoms with Gasteiger partial charge in [0.15, 0.2) is 0 Å². The Labute approximate surface area is 124 Å². The predicted octanol–water partition coefficient (Wildman–Crippen LogP) is 2.29. The Morgan fingerprint density at radius 3 is 2.24 bits per heavy atom. The molecule has 1 aromatic carbocycles. The van der Waals surface area contributed by atoms with Crippen LogP contribution in [0.15, 0.2) is 24.3 Å². The van der Waals surface area contributed by atoms with E-state index in [9.17, 15) is 14.7 Å². The Kier molecular flexibility index (Phi) is 5.33. The molecule has 0 radical (unpaired) electrons. The number of rotatable bonds is 5. The van der Waals surface area contributed by atoms with E-state index in [0.29, 0.717) is 5.69 Å². The molecule has 1 aromatic rings. The van der Waals surface area contributed by atoms with E-state index < -0.39 is 5.97 Å². The monoisotopic (exact) mass is 291 g/mol. The van der Waals surface area contributed by atoms with Gasteiger partial charge in [-0.05, 0) is 37.1 Å². The zero-order valence-corrected chi connectivity index (χ0v) is 12.0. The minimum absolute atomic E-state index is 0.0180. The lowest BCUT2D eigenvalue weighted by Gasteiger charge is -2.29. The van der Waals surface area contributed by atoms with Crippen molar-refractivity contribution in [3.63, 3.8) is 0 Å². The molecule has 0 unspecified atom stereocenters. The van der Waals surface area contributed by atoms with Gasteiger partial charge < -0.3 is 15.1 Å². The van der Waals surface area contributed by atoms with E-state index in [1.54, 1.807) is 17.0 Å². The van der Waals surface area contributed by atoms with Crippen LogP contribution < -0.4 is 4.90 Å². The summed E-state index contributed by atoms with van der Waals surface area (Å²) in [5.74, 6) is -0.940. The quantitative estimate of drug-likeness (QED) is 0.872. The summed E-state index contributed by atoms with van der Waals surface area (Å²) in [5.41, 5.74) is 0.831. The molecular formula is C16H21NO4. The Hall–Kier alpha value is -1.88. The van der Waals surface area contributed by atoms with Crippen molar-refractivity contribution in [3.05, 3.63) is 29.8 Å². The number of carboxylic acid groups (broad SMARTS) is 1. The van der Waals surface area contributed by atoms with Crippen LogP contribution in [-0.2, 0) is 4.79 Å². The van der Waals surface area contributed by atoms with Crippen LogP contribution in [0.4, 0.5) is 5.69 Å². The second-order valence-electron chi connectivity index (χ2n) is 5.40. The normalized spacial score (nSPS) is 15.7. The number of amides is 1. The number of anilines is 1. The number of hydrogen-bond acceptors (Lipinski definition) is 3. The first-order chi connectivity index (χ1) is 10.1. The van der Waals surface area contributed by atoms with Gasteiger partial charge in [0.1, 0.15) is 0 Å². The molecule has 5 heteroatoms. The molecule has 1 fully saturated rings. The maximum absolute atomic E-state index is 12.6. The fraction of sp³-hybridized carbons (Fsp3) is 0.500. The molecule has 0 bridgehead atoms. The van der Waals surface area contributed by atoms with Crippen LogP contribution in [0.1, 0.15) is 42.5 Å². The highest BCUT2D eigenvalue weighted by Gasteiger charge is 2.26. The lowest BCUT2D eigenvalue weighted by Crippen LogP contribution is -2.39. The maximum atomic E-state index is 12.6. The van der Waals surface area contributed by atoms with Gasteiger partial charge in [-0.3, -0.25) is 4.79 Å². The number of carbonyl (C=O) groups excluding carboxylic acids is 1. The van der Waals surface area contributed by atoms with E-state index in [1.807, 2.05) is 0 Å². The van der Waals surface area contributed by atoms with Crippen LogP contribution in [0.25, 0.3) is 0 Å². The van der Waals surface area contributed by atoms with Crippen molar-refractivity contribution in [2.45, 2.75) is 32.1 Å². The topological polar surface area (TPSA) is 77.8 Å². The van der Waals surface area contributed by atoms with Gasteiger partial charge >= 0.3 is 5.97 Å². The summed E-state index contributed by atoms with van der Waals surface area (Å²) >= 11 is 0. The number of benzene rings is 1. The zero-order chi connectivity index (χ0) is 15.2. The zero-order valence-electron chi connectivity index (χ0n) is 12.0. The van der Waals surface area contributed by atoms with Crippen LogP contribution >= 0.6 is 0 Å². The summed E-state index contributed by atoms with van der Waals surface area (Å²) in [4.78, 5) is 25.0. The van der Waals surface area contributed by atoms with Gasteiger partial charge in [-0.15, -0.1) is 0 Å². The number of nitrogens with zero attached hydrogens (tertiary/aromatic N) is 1. The maximum Gasteiger partial charge on any atom is 0.335 e. The summed E-state index contributed by atoms with van der Waals surface area (Å²) in [6.07, 6.45) is 5.11. The molecule has 2 rings (SSSR count). The van der Waals surface area contributed by atoms with E-state index in [0.717, 1.165) is 25.7 Å². The highest BCUT2D eigenvalue weighted by Crippen LogP contribution is 2.27. The standard InChI is InChI=1S/C16H21NO4/c18-11-10-17(15(19)12-4-2-1-3-5-12)14-8-6-13(7-9-14)16(20)21/h6-9,12,18H,1-5,10-11H2,(H,20,21). The van der Waals surface area contributed by atoms with Gasteiger partial charge in [-0.2, -0.15) is 0 Å². The van der Waals surface area contributed by atoms with E-state index in [1.165, 1.54) is 18.6 Å². The number of aromatic carboxylic acids is 1. The van der Waals surface area contributed by atoms with Crippen molar-refractivity contribution in [1.29, 1.82) is 0 Å². The van der Waals surface area contributed by atoms with E-state index in [4.69, 9.17) is 5.11 Å². The fourth-order valence-corrected chi connectivity index (χ4v) is 2.82. The molecule has 1 saturated carbocycles. The number of hydrogen-bond donors (Lipinski definition) is 2. The second-order valence-corrected chi connectivity index (χ2v) is 5.40. The van der Waals surface area contributed by atoms with E-state index in [-0.39, 0.29) is 30.5 Å². The van der Waals surface area contributed by atoms with Crippen molar-refractivity contribution in [2.75, 3.05) is 18.1 Å². The molecular weight excluding hydrogens is 270 g/mol. The van der Waals surface area contributed by atoms with Crippen molar-refractivity contribution >= 4 is 17.6 Å². The molecule has 0 atom stereocenters. The molecule has 1 amide bonds. The summed E-state index contributed by atoms with van der Waals surface area (Å²) in [6, 6.07) is 6.21. The first-order valence-corrected chi connectivity index (χ1v) is 7.39. The third kappa shape index (κ3) is 3.82. The van der Waals surface area contributed by atoms with Gasteiger partial charge in [0.25, 0.3) is 0 Å². The molecule has 0 aromatic heterocycles. The van der Waals surface area contributed by atoms with Gasteiger partial charge in [-0.25, -0.2) is 4.79 Å². The summed E-state index contributed by atoms with van der Waals surface area (Å²) < 4.78 is 0. The van der Waals surface area contributed by atoms with Crippen LogP contribution in [0.3, 0.4) is 0 Å².